The quantitative estimate of drug-likeness (QED) is 0.225. The molecule has 0 spiro atoms. The third-order valence-corrected chi connectivity index (χ3v) is 6.25. The minimum Gasteiger partial charge on any atom is -0.486 e. The fourth-order valence-electron chi connectivity index (χ4n) is 3.46. The first-order valence-corrected chi connectivity index (χ1v) is 12.3. The third-order valence-electron chi connectivity index (χ3n) is 5.20. The van der Waals surface area contributed by atoms with Crippen molar-refractivity contribution < 1.29 is 4.74 Å². The van der Waals surface area contributed by atoms with E-state index >= 15 is 0 Å². The number of aromatic nitrogens is 2. The van der Waals surface area contributed by atoms with E-state index in [9.17, 15) is 4.79 Å². The van der Waals surface area contributed by atoms with Crippen molar-refractivity contribution in [1.82, 2.24) is 9.66 Å². The van der Waals surface area contributed by atoms with Gasteiger partial charge in [0.05, 0.1) is 27.2 Å². The second-order valence-electron chi connectivity index (χ2n) is 7.89. The van der Waals surface area contributed by atoms with Gasteiger partial charge in [0.25, 0.3) is 5.56 Å². The Bertz CT molecular complexity index is 1410. The van der Waals surface area contributed by atoms with Gasteiger partial charge in [0, 0.05) is 10.9 Å². The Morgan fingerprint density at radius 3 is 2.47 bits per heavy atom. The largest absolute Gasteiger partial charge is 0.486 e. The van der Waals surface area contributed by atoms with E-state index in [0.717, 1.165) is 16.5 Å². The second kappa shape index (κ2) is 10.7. The molecular formula is C26H22BrCl2N3O2. The molecule has 1 heterocycles. The summed E-state index contributed by atoms with van der Waals surface area (Å²) >= 11 is 16.3. The summed E-state index contributed by atoms with van der Waals surface area (Å²) in [4.78, 5) is 17.8. The molecule has 3 aromatic carbocycles. The molecule has 0 atom stereocenters. The van der Waals surface area contributed by atoms with Crippen molar-refractivity contribution in [2.45, 2.75) is 33.3 Å². The van der Waals surface area contributed by atoms with Gasteiger partial charge in [-0.25, -0.2) is 4.98 Å². The Kier molecular flexibility index (Phi) is 7.71. The van der Waals surface area contributed by atoms with Gasteiger partial charge >= 0.3 is 0 Å². The highest BCUT2D eigenvalue weighted by Gasteiger charge is 2.12. The first-order valence-electron chi connectivity index (χ1n) is 10.8. The smallest absolute Gasteiger partial charge is 0.282 e. The van der Waals surface area contributed by atoms with Crippen molar-refractivity contribution in [1.29, 1.82) is 0 Å². The van der Waals surface area contributed by atoms with E-state index in [1.807, 2.05) is 50.2 Å². The minimum absolute atomic E-state index is 0.235. The maximum absolute atomic E-state index is 13.1. The normalized spacial score (nSPS) is 11.4. The molecule has 0 bridgehead atoms. The highest BCUT2D eigenvalue weighted by atomic mass is 79.9. The zero-order valence-corrected chi connectivity index (χ0v) is 21.8. The SMILES string of the molecule is CCCc1nc2ccc(Br)cc2c(=O)n1N=Cc1cc(Cl)c(OCc2ccc(C)cc2)c(Cl)c1. The van der Waals surface area contributed by atoms with Crippen LogP contribution in [0.1, 0.15) is 35.9 Å². The topological polar surface area (TPSA) is 56.5 Å². The van der Waals surface area contributed by atoms with Crippen LogP contribution in [0, 0.1) is 6.92 Å². The lowest BCUT2D eigenvalue weighted by atomic mass is 10.2. The van der Waals surface area contributed by atoms with Crippen LogP contribution in [0.4, 0.5) is 0 Å². The van der Waals surface area contributed by atoms with E-state index < -0.39 is 0 Å². The molecule has 0 aliphatic heterocycles. The molecule has 0 amide bonds. The third kappa shape index (κ3) is 5.52. The van der Waals surface area contributed by atoms with E-state index in [1.54, 1.807) is 24.4 Å². The van der Waals surface area contributed by atoms with Gasteiger partial charge in [0.1, 0.15) is 12.4 Å². The Hall–Kier alpha value is -2.67. The van der Waals surface area contributed by atoms with Gasteiger partial charge in [-0.1, -0.05) is 75.9 Å². The van der Waals surface area contributed by atoms with E-state index in [-0.39, 0.29) is 5.56 Å². The molecule has 5 nitrogen and oxygen atoms in total. The molecule has 34 heavy (non-hydrogen) atoms. The van der Waals surface area contributed by atoms with Crippen LogP contribution >= 0.6 is 39.1 Å². The summed E-state index contributed by atoms with van der Waals surface area (Å²) in [6.07, 6.45) is 2.99. The standard InChI is InChI=1S/C26H22BrCl2N3O2/c1-3-4-24-31-23-10-9-19(27)13-20(23)26(33)32(24)30-14-18-11-21(28)25(22(29)12-18)34-15-17-7-5-16(2)6-8-17/h5-14H,3-4,15H2,1-2H3. The first-order chi connectivity index (χ1) is 16.4. The fraction of sp³-hybridized carbons (Fsp3) is 0.192. The maximum atomic E-state index is 13.1. The summed E-state index contributed by atoms with van der Waals surface area (Å²) in [6, 6.07) is 16.9. The summed E-state index contributed by atoms with van der Waals surface area (Å²) in [5, 5.41) is 5.65. The van der Waals surface area contributed by atoms with E-state index in [1.165, 1.54) is 10.2 Å². The van der Waals surface area contributed by atoms with Crippen LogP contribution in [-0.4, -0.2) is 15.9 Å². The number of nitrogens with zero attached hydrogens (tertiary/aromatic N) is 3. The van der Waals surface area contributed by atoms with Crippen LogP contribution in [0.15, 0.2) is 69.0 Å². The zero-order chi connectivity index (χ0) is 24.2. The van der Waals surface area contributed by atoms with Gasteiger partial charge in [-0.3, -0.25) is 4.79 Å². The van der Waals surface area contributed by atoms with Crippen molar-refractivity contribution in [3.63, 3.8) is 0 Å². The number of halogens is 3. The fourth-order valence-corrected chi connectivity index (χ4v) is 4.43. The molecule has 0 unspecified atom stereocenters. The van der Waals surface area contributed by atoms with Crippen molar-refractivity contribution in [2.24, 2.45) is 5.10 Å². The molecule has 4 aromatic rings. The first kappa shape index (κ1) is 24.5. The van der Waals surface area contributed by atoms with E-state index in [0.29, 0.717) is 51.1 Å². The van der Waals surface area contributed by atoms with Crippen molar-refractivity contribution in [3.8, 4) is 5.75 Å². The lowest BCUT2D eigenvalue weighted by Gasteiger charge is -2.11. The molecule has 1 aromatic heterocycles. The Morgan fingerprint density at radius 1 is 1.09 bits per heavy atom. The molecule has 0 fully saturated rings. The highest BCUT2D eigenvalue weighted by molar-refractivity contribution is 9.10. The number of benzene rings is 3. The molecule has 0 radical (unpaired) electrons. The Balaban J connectivity index is 1.63. The van der Waals surface area contributed by atoms with Gasteiger partial charge < -0.3 is 4.74 Å². The predicted molar refractivity (Wildman–Crippen MR) is 143 cm³/mol. The van der Waals surface area contributed by atoms with Crippen molar-refractivity contribution in [3.05, 3.63) is 102 Å². The number of fused-ring (bicyclic) bond motifs is 1. The molecule has 0 aliphatic carbocycles. The molecular weight excluding hydrogens is 537 g/mol. The summed E-state index contributed by atoms with van der Waals surface area (Å²) < 4.78 is 8.00. The van der Waals surface area contributed by atoms with Crippen molar-refractivity contribution >= 4 is 56.2 Å². The number of hydrogen-bond acceptors (Lipinski definition) is 4. The Labute approximate surface area is 216 Å². The van der Waals surface area contributed by atoms with Gasteiger partial charge in [-0.05, 0) is 54.8 Å². The van der Waals surface area contributed by atoms with E-state index in [4.69, 9.17) is 27.9 Å². The maximum Gasteiger partial charge on any atom is 0.282 e. The van der Waals surface area contributed by atoms with Crippen LogP contribution in [0.3, 0.4) is 0 Å². The lowest BCUT2D eigenvalue weighted by Crippen LogP contribution is -2.22. The summed E-state index contributed by atoms with van der Waals surface area (Å²) in [5.74, 6) is 0.996. The number of rotatable bonds is 7. The molecule has 4 rings (SSSR count). The van der Waals surface area contributed by atoms with Crippen LogP contribution in [0.2, 0.25) is 10.0 Å². The summed E-state index contributed by atoms with van der Waals surface area (Å²) in [6.45, 7) is 4.41. The number of aryl methyl sites for hydroxylation is 2. The lowest BCUT2D eigenvalue weighted by molar-refractivity contribution is 0.306. The van der Waals surface area contributed by atoms with Gasteiger partial charge in [-0.2, -0.15) is 9.78 Å². The highest BCUT2D eigenvalue weighted by Crippen LogP contribution is 2.34. The van der Waals surface area contributed by atoms with Crippen molar-refractivity contribution in [2.75, 3.05) is 0 Å². The summed E-state index contributed by atoms with van der Waals surface area (Å²) in [5.41, 5.74) is 3.24. The second-order valence-corrected chi connectivity index (χ2v) is 9.62. The molecule has 8 heteroatoms. The predicted octanol–water partition coefficient (Wildman–Crippen LogP) is 7.19. The Morgan fingerprint density at radius 2 is 1.79 bits per heavy atom. The molecule has 174 valence electrons. The molecule has 0 N–H and O–H groups in total. The van der Waals surface area contributed by atoms with Gasteiger partial charge in [0.15, 0.2) is 5.75 Å². The molecule has 0 aliphatic rings. The summed E-state index contributed by atoms with van der Waals surface area (Å²) in [7, 11) is 0. The zero-order valence-electron chi connectivity index (χ0n) is 18.7. The van der Waals surface area contributed by atoms with Gasteiger partial charge in [0.2, 0.25) is 0 Å². The van der Waals surface area contributed by atoms with Crippen LogP contribution < -0.4 is 10.3 Å². The molecule has 0 saturated carbocycles. The number of hydrogen-bond donors (Lipinski definition) is 0. The molecule has 0 saturated heterocycles. The number of ether oxygens (including phenoxy) is 1. The van der Waals surface area contributed by atoms with Crippen LogP contribution in [-0.2, 0) is 13.0 Å². The monoisotopic (exact) mass is 557 g/mol. The minimum atomic E-state index is -0.235. The van der Waals surface area contributed by atoms with E-state index in [2.05, 4.69) is 26.0 Å². The average Bonchev–Trinajstić information content (AvgIpc) is 2.80. The van der Waals surface area contributed by atoms with Gasteiger partial charge in [-0.15, -0.1) is 0 Å². The van der Waals surface area contributed by atoms with Crippen LogP contribution in [0.5, 0.6) is 5.75 Å². The van der Waals surface area contributed by atoms with Crippen LogP contribution in [0.25, 0.3) is 10.9 Å². The average molecular weight is 559 g/mol.